The van der Waals surface area contributed by atoms with Crippen LogP contribution < -0.4 is 0 Å². The van der Waals surface area contributed by atoms with E-state index in [9.17, 15) is 0 Å². The van der Waals surface area contributed by atoms with E-state index in [2.05, 4.69) is 26.3 Å². The molecule has 1 saturated heterocycles. The molecule has 0 bridgehead atoms. The minimum absolute atomic E-state index is 0.383. The van der Waals surface area contributed by atoms with Gasteiger partial charge in [-0.1, -0.05) is 6.42 Å². The second-order valence-electron chi connectivity index (χ2n) is 5.88. The van der Waals surface area contributed by atoms with Crippen molar-refractivity contribution in [2.75, 3.05) is 6.54 Å². The first-order chi connectivity index (χ1) is 10.8. The van der Waals surface area contributed by atoms with Crippen LogP contribution in [0, 0.1) is 6.92 Å². The molecule has 0 aromatic carbocycles. The Balaban J connectivity index is 1.67. The second-order valence-corrected chi connectivity index (χ2v) is 6.60. The predicted octanol–water partition coefficient (Wildman–Crippen LogP) is 3.22. The van der Waals surface area contributed by atoms with Gasteiger partial charge >= 0.3 is 0 Å². The number of nitrogens with zero attached hydrogens (tertiary/aromatic N) is 5. The number of piperidine rings is 1. The minimum Gasteiger partial charge on any atom is -0.289 e. The summed E-state index contributed by atoms with van der Waals surface area (Å²) in [5.41, 5.74) is 5.37. The van der Waals surface area contributed by atoms with Crippen LogP contribution in [-0.2, 0) is 6.54 Å². The molecule has 0 N–H and O–H groups in total. The Morgan fingerprint density at radius 3 is 3.18 bits per heavy atom. The Kier molecular flexibility index (Phi) is 3.63. The molecule has 3 aromatic rings. The molecule has 3 aromatic heterocycles. The molecule has 6 heteroatoms. The Bertz CT molecular complexity index is 764. The van der Waals surface area contributed by atoms with Gasteiger partial charge in [0.1, 0.15) is 12.2 Å². The second kappa shape index (κ2) is 5.78. The maximum atomic E-state index is 4.84. The standard InChI is InChI=1S/C16H19N5S/c1-12-19-15(6-14-7-17-10-21(12)14)16-4-2-3-5-20(16)8-13-9-22-11-18-13/h6-7,9-11,16H,2-5,8H2,1H3/t16-/m1/s1. The summed E-state index contributed by atoms with van der Waals surface area (Å²) in [6, 6.07) is 2.57. The van der Waals surface area contributed by atoms with Crippen molar-refractivity contribution in [3.05, 3.63) is 46.7 Å². The van der Waals surface area contributed by atoms with Gasteiger partial charge in [-0.15, -0.1) is 11.3 Å². The summed E-state index contributed by atoms with van der Waals surface area (Å²) in [5, 5.41) is 2.14. The van der Waals surface area contributed by atoms with Crippen LogP contribution in [0.25, 0.3) is 5.52 Å². The van der Waals surface area contributed by atoms with Gasteiger partial charge in [0.15, 0.2) is 0 Å². The van der Waals surface area contributed by atoms with E-state index in [4.69, 9.17) is 4.98 Å². The molecule has 0 unspecified atom stereocenters. The fourth-order valence-corrected chi connectivity index (χ4v) is 3.87. The fourth-order valence-electron chi connectivity index (χ4n) is 3.32. The molecule has 4 heterocycles. The molecule has 1 fully saturated rings. The molecule has 0 saturated carbocycles. The summed E-state index contributed by atoms with van der Waals surface area (Å²) in [4.78, 5) is 16.0. The molecule has 0 spiro atoms. The van der Waals surface area contributed by atoms with Crippen molar-refractivity contribution in [1.82, 2.24) is 24.3 Å². The Morgan fingerprint density at radius 1 is 1.36 bits per heavy atom. The lowest BCUT2D eigenvalue weighted by Gasteiger charge is -2.35. The first-order valence-corrected chi connectivity index (χ1v) is 8.66. The van der Waals surface area contributed by atoms with Crippen molar-refractivity contribution in [1.29, 1.82) is 0 Å². The molecule has 1 aliphatic rings. The third kappa shape index (κ3) is 2.53. The van der Waals surface area contributed by atoms with E-state index in [0.29, 0.717) is 6.04 Å². The monoisotopic (exact) mass is 313 g/mol. The van der Waals surface area contributed by atoms with Crippen LogP contribution in [0.3, 0.4) is 0 Å². The molecule has 0 radical (unpaired) electrons. The number of aromatic nitrogens is 4. The molecule has 5 nitrogen and oxygen atoms in total. The van der Waals surface area contributed by atoms with Crippen LogP contribution in [0.5, 0.6) is 0 Å². The number of hydrogen-bond donors (Lipinski definition) is 0. The van der Waals surface area contributed by atoms with Crippen LogP contribution in [0.2, 0.25) is 0 Å². The molecule has 114 valence electrons. The largest absolute Gasteiger partial charge is 0.289 e. The van der Waals surface area contributed by atoms with Crippen molar-refractivity contribution >= 4 is 16.9 Å². The quantitative estimate of drug-likeness (QED) is 0.745. The van der Waals surface area contributed by atoms with E-state index in [1.807, 2.05) is 29.4 Å². The lowest BCUT2D eigenvalue weighted by atomic mass is 9.98. The number of fused-ring (bicyclic) bond motifs is 1. The Morgan fingerprint density at radius 2 is 2.32 bits per heavy atom. The van der Waals surface area contributed by atoms with E-state index in [-0.39, 0.29) is 0 Å². The molecular formula is C16H19N5S. The molecule has 22 heavy (non-hydrogen) atoms. The summed E-state index contributed by atoms with van der Waals surface area (Å²) in [5.74, 6) is 1.00. The van der Waals surface area contributed by atoms with Gasteiger partial charge in [-0.2, -0.15) is 0 Å². The highest BCUT2D eigenvalue weighted by Gasteiger charge is 2.26. The zero-order valence-electron chi connectivity index (χ0n) is 12.6. The topological polar surface area (TPSA) is 46.3 Å². The zero-order valence-corrected chi connectivity index (χ0v) is 13.5. The third-order valence-electron chi connectivity index (χ3n) is 4.41. The maximum Gasteiger partial charge on any atom is 0.111 e. The first-order valence-electron chi connectivity index (χ1n) is 7.72. The summed E-state index contributed by atoms with van der Waals surface area (Å²) in [6.07, 6.45) is 7.43. The highest BCUT2D eigenvalue weighted by atomic mass is 32.1. The van der Waals surface area contributed by atoms with Gasteiger partial charge in [0.05, 0.1) is 34.7 Å². The van der Waals surface area contributed by atoms with E-state index < -0.39 is 0 Å². The Hall–Kier alpha value is -1.79. The summed E-state index contributed by atoms with van der Waals surface area (Å²) >= 11 is 1.67. The summed E-state index contributed by atoms with van der Waals surface area (Å²) in [7, 11) is 0. The average Bonchev–Trinajstić information content (AvgIpc) is 3.19. The number of hydrogen-bond acceptors (Lipinski definition) is 5. The van der Waals surface area contributed by atoms with E-state index in [1.165, 1.54) is 30.7 Å². The molecule has 0 amide bonds. The van der Waals surface area contributed by atoms with Crippen molar-refractivity contribution in [2.24, 2.45) is 0 Å². The van der Waals surface area contributed by atoms with Gasteiger partial charge in [-0.25, -0.2) is 15.0 Å². The molecule has 4 rings (SSSR count). The van der Waals surface area contributed by atoms with Gasteiger partial charge in [-0.05, 0) is 32.4 Å². The Labute approximate surface area is 133 Å². The summed E-state index contributed by atoms with van der Waals surface area (Å²) < 4.78 is 2.04. The number of likely N-dealkylation sites (tertiary alicyclic amines) is 1. The zero-order chi connectivity index (χ0) is 14.9. The van der Waals surface area contributed by atoms with Crippen LogP contribution in [-0.4, -0.2) is 30.8 Å². The van der Waals surface area contributed by atoms with Gasteiger partial charge < -0.3 is 0 Å². The van der Waals surface area contributed by atoms with E-state index in [1.54, 1.807) is 11.3 Å². The van der Waals surface area contributed by atoms with Crippen LogP contribution in [0.4, 0.5) is 0 Å². The molecule has 1 aliphatic heterocycles. The van der Waals surface area contributed by atoms with Crippen molar-refractivity contribution < 1.29 is 0 Å². The SMILES string of the molecule is Cc1nc([C@H]2CCCCN2Cc2cscn2)cc2cncn12. The lowest BCUT2D eigenvalue weighted by molar-refractivity contribution is 0.135. The van der Waals surface area contributed by atoms with Gasteiger partial charge in [0.2, 0.25) is 0 Å². The van der Waals surface area contributed by atoms with Crippen LogP contribution >= 0.6 is 11.3 Å². The number of imidazole rings is 1. The highest BCUT2D eigenvalue weighted by Crippen LogP contribution is 2.31. The smallest absolute Gasteiger partial charge is 0.111 e. The number of aryl methyl sites for hydroxylation is 1. The van der Waals surface area contributed by atoms with Gasteiger partial charge in [0.25, 0.3) is 0 Å². The molecule has 0 aliphatic carbocycles. The van der Waals surface area contributed by atoms with Crippen LogP contribution in [0.15, 0.2) is 29.5 Å². The van der Waals surface area contributed by atoms with Crippen LogP contribution in [0.1, 0.15) is 42.5 Å². The van der Waals surface area contributed by atoms with Crippen molar-refractivity contribution in [2.45, 2.75) is 38.8 Å². The normalized spacial score (nSPS) is 19.8. The maximum absolute atomic E-state index is 4.84. The molecule has 1 atom stereocenters. The van der Waals surface area contributed by atoms with Crippen molar-refractivity contribution in [3.8, 4) is 0 Å². The van der Waals surface area contributed by atoms with E-state index >= 15 is 0 Å². The first kappa shape index (κ1) is 13.8. The highest BCUT2D eigenvalue weighted by molar-refractivity contribution is 7.07. The summed E-state index contributed by atoms with van der Waals surface area (Å²) in [6.45, 7) is 4.08. The number of thiazole rings is 1. The lowest BCUT2D eigenvalue weighted by Crippen LogP contribution is -2.33. The predicted molar refractivity (Wildman–Crippen MR) is 86.8 cm³/mol. The van der Waals surface area contributed by atoms with Gasteiger partial charge in [-0.3, -0.25) is 9.30 Å². The van der Waals surface area contributed by atoms with E-state index in [0.717, 1.165) is 24.4 Å². The van der Waals surface area contributed by atoms with Crippen molar-refractivity contribution in [3.63, 3.8) is 0 Å². The third-order valence-corrected chi connectivity index (χ3v) is 5.04. The fraction of sp³-hybridized carbons (Fsp3) is 0.438. The minimum atomic E-state index is 0.383. The number of rotatable bonds is 3. The average molecular weight is 313 g/mol. The van der Waals surface area contributed by atoms with Gasteiger partial charge in [0, 0.05) is 11.9 Å². The molecular weight excluding hydrogens is 294 g/mol.